The highest BCUT2D eigenvalue weighted by Crippen LogP contribution is 2.37. The summed E-state index contributed by atoms with van der Waals surface area (Å²) in [5, 5.41) is 5.84. The van der Waals surface area contributed by atoms with Crippen LogP contribution in [0.4, 0.5) is 4.39 Å². The average Bonchev–Trinajstić information content (AvgIpc) is 3.42. The lowest BCUT2D eigenvalue weighted by Gasteiger charge is -2.41. The number of nitrogens with zero attached hydrogens (tertiary/aromatic N) is 3. The first-order chi connectivity index (χ1) is 17.8. The van der Waals surface area contributed by atoms with Crippen LogP contribution in [0.3, 0.4) is 0 Å². The molecule has 0 spiro atoms. The molecule has 0 radical (unpaired) electrons. The molecule has 1 fully saturated rings. The Kier molecular flexibility index (Phi) is 8.87. The molecule has 0 amide bonds. The van der Waals surface area contributed by atoms with Crippen LogP contribution in [-0.2, 0) is 23.9 Å². The lowest BCUT2D eigenvalue weighted by Crippen LogP contribution is -2.52. The predicted octanol–water partition coefficient (Wildman–Crippen LogP) is 2.74. The zero-order valence-electron chi connectivity index (χ0n) is 20.3. The van der Waals surface area contributed by atoms with Gasteiger partial charge in [-0.05, 0) is 25.5 Å². The van der Waals surface area contributed by atoms with E-state index in [1.165, 1.54) is 36.6 Å². The summed E-state index contributed by atoms with van der Waals surface area (Å²) in [6, 6.07) is 2.94. The number of halogens is 2. The second kappa shape index (κ2) is 12.1. The SMILES string of the molecule is COC(=O)C1=C(CN2CCO[C@H](C)[C@H]2CCC(=O)ON)NC(c2nccs2)=N[C@H]1c1ccc(F)cc1Cl. The van der Waals surface area contributed by atoms with Crippen molar-refractivity contribution >= 4 is 40.7 Å². The van der Waals surface area contributed by atoms with Gasteiger partial charge in [-0.1, -0.05) is 17.7 Å². The number of hydrogen-bond donors (Lipinski definition) is 2. The Hall–Kier alpha value is -2.90. The normalized spacial score (nSPS) is 22.3. The van der Waals surface area contributed by atoms with Crippen LogP contribution in [0.25, 0.3) is 0 Å². The summed E-state index contributed by atoms with van der Waals surface area (Å²) in [7, 11) is 1.29. The van der Waals surface area contributed by atoms with Crippen molar-refractivity contribution in [1.29, 1.82) is 0 Å². The van der Waals surface area contributed by atoms with Crippen LogP contribution < -0.4 is 11.2 Å². The molecule has 1 saturated heterocycles. The molecule has 4 rings (SSSR count). The summed E-state index contributed by atoms with van der Waals surface area (Å²) < 4.78 is 24.8. The molecule has 2 aromatic rings. The van der Waals surface area contributed by atoms with Crippen LogP contribution in [0.1, 0.15) is 36.4 Å². The van der Waals surface area contributed by atoms with Gasteiger partial charge in [0.25, 0.3) is 0 Å². The van der Waals surface area contributed by atoms with E-state index in [1.54, 1.807) is 6.20 Å². The Morgan fingerprint density at radius 2 is 2.22 bits per heavy atom. The van der Waals surface area contributed by atoms with Crippen LogP contribution in [0.5, 0.6) is 0 Å². The molecule has 3 atom stereocenters. The smallest absolute Gasteiger partial charge is 0.338 e. The number of nitrogens with one attached hydrogen (secondary N) is 1. The number of methoxy groups -OCH3 is 1. The van der Waals surface area contributed by atoms with Gasteiger partial charge in [0.2, 0.25) is 0 Å². The van der Waals surface area contributed by atoms with Crippen LogP contribution in [0.15, 0.2) is 46.0 Å². The van der Waals surface area contributed by atoms with Crippen molar-refractivity contribution in [3.63, 3.8) is 0 Å². The number of aliphatic imine (C=N–C) groups is 1. The highest BCUT2D eigenvalue weighted by molar-refractivity contribution is 7.11. The van der Waals surface area contributed by atoms with Gasteiger partial charge in [0.1, 0.15) is 11.9 Å². The zero-order valence-corrected chi connectivity index (χ0v) is 21.9. The first-order valence-electron chi connectivity index (χ1n) is 11.6. The molecule has 37 heavy (non-hydrogen) atoms. The number of rotatable bonds is 8. The van der Waals surface area contributed by atoms with E-state index in [2.05, 4.69) is 20.0 Å². The Labute approximate surface area is 222 Å². The standard InChI is InChI=1S/C24H27ClFN5O5S/c1-13-18(5-6-19(32)36-27)31(8-9-35-13)12-17-20(24(33)34-2)21(15-4-3-14(26)11-16(15)25)30-22(29-17)23-28-7-10-37-23/h3-4,7,10-11,13,18,21H,5-6,8-9,12,27H2,1-2H3,(H,29,30)/t13-,18-,21+/m1/s1. The minimum atomic E-state index is -0.861. The largest absolute Gasteiger partial charge is 0.466 e. The van der Waals surface area contributed by atoms with E-state index in [0.29, 0.717) is 48.2 Å². The lowest BCUT2D eigenvalue weighted by atomic mass is 9.94. The molecular formula is C24H27ClFN5O5S. The quantitative estimate of drug-likeness (QED) is 0.376. The Morgan fingerprint density at radius 3 is 2.89 bits per heavy atom. The molecule has 13 heteroatoms. The maximum absolute atomic E-state index is 13.9. The molecule has 1 aromatic heterocycles. The number of morpholine rings is 1. The van der Waals surface area contributed by atoms with Gasteiger partial charge >= 0.3 is 11.9 Å². The van der Waals surface area contributed by atoms with Crippen molar-refractivity contribution in [3.05, 3.63) is 62.5 Å². The number of carbonyl (C=O) groups excluding carboxylic acids is 2. The number of hydrogen-bond acceptors (Lipinski definition) is 11. The van der Waals surface area contributed by atoms with E-state index in [1.807, 2.05) is 12.3 Å². The van der Waals surface area contributed by atoms with E-state index in [0.717, 1.165) is 0 Å². The Morgan fingerprint density at radius 1 is 1.41 bits per heavy atom. The Balaban J connectivity index is 1.76. The fourth-order valence-corrected chi connectivity index (χ4v) is 5.40. The van der Waals surface area contributed by atoms with Crippen molar-refractivity contribution < 1.29 is 28.3 Å². The molecule has 10 nitrogen and oxygen atoms in total. The number of nitrogens with two attached hydrogens (primary N) is 1. The monoisotopic (exact) mass is 551 g/mol. The van der Waals surface area contributed by atoms with Gasteiger partial charge in [-0.15, -0.1) is 11.3 Å². The van der Waals surface area contributed by atoms with Crippen molar-refractivity contribution in [2.75, 3.05) is 26.8 Å². The van der Waals surface area contributed by atoms with Crippen molar-refractivity contribution in [2.45, 2.75) is 38.0 Å². The number of esters is 1. The first-order valence-corrected chi connectivity index (χ1v) is 12.8. The number of thiazole rings is 1. The number of amidine groups is 1. The topological polar surface area (TPSA) is 128 Å². The fraction of sp³-hybridized carbons (Fsp3) is 0.417. The lowest BCUT2D eigenvalue weighted by molar-refractivity contribution is -0.145. The van der Waals surface area contributed by atoms with Crippen molar-refractivity contribution in [1.82, 2.24) is 15.2 Å². The van der Waals surface area contributed by atoms with Crippen LogP contribution in [0, 0.1) is 5.82 Å². The number of aromatic nitrogens is 1. The third-order valence-corrected chi connectivity index (χ3v) is 7.44. The van der Waals surface area contributed by atoms with Crippen LogP contribution >= 0.6 is 22.9 Å². The predicted molar refractivity (Wildman–Crippen MR) is 135 cm³/mol. The van der Waals surface area contributed by atoms with E-state index >= 15 is 0 Å². The highest BCUT2D eigenvalue weighted by atomic mass is 35.5. The van der Waals surface area contributed by atoms with Crippen molar-refractivity contribution in [2.24, 2.45) is 10.9 Å². The molecule has 0 bridgehead atoms. The van der Waals surface area contributed by atoms with Gasteiger partial charge in [0.15, 0.2) is 10.8 Å². The van der Waals surface area contributed by atoms with Gasteiger partial charge in [-0.3, -0.25) is 14.7 Å². The Bertz CT molecular complexity index is 1210. The number of benzene rings is 1. The maximum atomic E-state index is 13.9. The summed E-state index contributed by atoms with van der Waals surface area (Å²) >= 11 is 7.80. The summed E-state index contributed by atoms with van der Waals surface area (Å²) in [5.74, 6) is 3.84. The number of ether oxygens (including phenoxy) is 2. The van der Waals surface area contributed by atoms with Crippen molar-refractivity contribution in [3.8, 4) is 0 Å². The summed E-state index contributed by atoms with van der Waals surface area (Å²) in [5.41, 5.74) is 1.24. The summed E-state index contributed by atoms with van der Waals surface area (Å²) in [6.07, 6.45) is 2.03. The third kappa shape index (κ3) is 6.16. The van der Waals surface area contributed by atoms with E-state index in [-0.39, 0.29) is 29.2 Å². The molecule has 2 aliphatic rings. The maximum Gasteiger partial charge on any atom is 0.338 e. The molecule has 0 saturated carbocycles. The molecule has 0 unspecified atom stereocenters. The van der Waals surface area contributed by atoms with E-state index in [4.69, 9.17) is 32.0 Å². The first kappa shape index (κ1) is 27.1. The molecule has 198 valence electrons. The van der Waals surface area contributed by atoms with Gasteiger partial charge in [-0.25, -0.2) is 14.2 Å². The van der Waals surface area contributed by atoms with Gasteiger partial charge in [0.05, 0.1) is 25.4 Å². The fourth-order valence-electron chi connectivity index (χ4n) is 4.54. The zero-order chi connectivity index (χ0) is 26.5. The van der Waals surface area contributed by atoms with E-state index < -0.39 is 23.8 Å². The van der Waals surface area contributed by atoms with Crippen LogP contribution in [0.2, 0.25) is 5.02 Å². The third-order valence-electron chi connectivity index (χ3n) is 6.33. The highest BCUT2D eigenvalue weighted by Gasteiger charge is 2.37. The summed E-state index contributed by atoms with van der Waals surface area (Å²) in [6.45, 7) is 3.25. The van der Waals surface area contributed by atoms with Gasteiger partial charge in [-0.2, -0.15) is 5.90 Å². The van der Waals surface area contributed by atoms with E-state index in [9.17, 15) is 14.0 Å². The van der Waals surface area contributed by atoms with Crippen LogP contribution in [-0.4, -0.2) is 66.6 Å². The molecular weight excluding hydrogens is 525 g/mol. The minimum Gasteiger partial charge on any atom is -0.466 e. The van der Waals surface area contributed by atoms with Gasteiger partial charge < -0.3 is 19.6 Å². The molecule has 3 heterocycles. The minimum absolute atomic E-state index is 0.112. The second-order valence-corrected chi connectivity index (χ2v) is 9.84. The molecule has 3 N–H and O–H groups in total. The molecule has 1 aromatic carbocycles. The average molecular weight is 552 g/mol. The van der Waals surface area contributed by atoms with Gasteiger partial charge in [0, 0.05) is 53.4 Å². The number of carbonyl (C=O) groups is 2. The molecule has 2 aliphatic heterocycles. The second-order valence-electron chi connectivity index (χ2n) is 8.53. The summed E-state index contributed by atoms with van der Waals surface area (Å²) in [4.78, 5) is 40.4. The molecule has 0 aliphatic carbocycles.